The first-order chi connectivity index (χ1) is 14.5. The Labute approximate surface area is 183 Å². The maximum atomic E-state index is 13.1. The number of hydrogen-bond acceptors (Lipinski definition) is 7. The molecule has 1 amide bonds. The van der Waals surface area contributed by atoms with Gasteiger partial charge in [0.05, 0.1) is 11.4 Å². The maximum absolute atomic E-state index is 13.1. The second kappa shape index (κ2) is 8.98. The highest BCUT2D eigenvalue weighted by atomic mass is 32.2. The van der Waals surface area contributed by atoms with Crippen molar-refractivity contribution in [3.05, 3.63) is 52.1 Å². The molecule has 0 atom stereocenters. The fraction of sp³-hybridized carbons (Fsp3) is 0.333. The highest BCUT2D eigenvalue weighted by Gasteiger charge is 2.33. The van der Waals surface area contributed by atoms with Gasteiger partial charge in [-0.2, -0.15) is 10.2 Å². The summed E-state index contributed by atoms with van der Waals surface area (Å²) in [5.74, 6) is 0.0873. The van der Waals surface area contributed by atoms with Crippen molar-refractivity contribution in [1.29, 1.82) is 5.26 Å². The summed E-state index contributed by atoms with van der Waals surface area (Å²) >= 11 is 6.51. The largest absolute Gasteiger partial charge is 0.420 e. The number of halogens is 1. The van der Waals surface area contributed by atoms with E-state index in [-0.39, 0.29) is 29.9 Å². The number of rotatable bonds is 4. The highest BCUT2D eigenvalue weighted by Crippen LogP contribution is 2.34. The first-order valence-corrected chi connectivity index (χ1v) is 10.9. The molecule has 0 spiro atoms. The molecule has 0 radical (unpaired) electrons. The minimum atomic E-state index is -0.332. The summed E-state index contributed by atoms with van der Waals surface area (Å²) in [6, 6.07) is 8.04. The highest BCUT2D eigenvalue weighted by molar-refractivity contribution is 8.26. The van der Waals surface area contributed by atoms with Crippen molar-refractivity contribution >= 4 is 46.2 Å². The second-order valence-corrected chi connectivity index (χ2v) is 8.79. The quantitative estimate of drug-likeness (QED) is 0.511. The van der Waals surface area contributed by atoms with Gasteiger partial charge in [0.15, 0.2) is 0 Å². The van der Waals surface area contributed by atoms with Gasteiger partial charge in [-0.25, -0.2) is 4.39 Å². The Hall–Kier alpha value is -2.70. The lowest BCUT2D eigenvalue weighted by Crippen LogP contribution is -2.27. The van der Waals surface area contributed by atoms with Crippen molar-refractivity contribution in [2.24, 2.45) is 0 Å². The van der Waals surface area contributed by atoms with Crippen LogP contribution in [0.2, 0.25) is 0 Å². The van der Waals surface area contributed by atoms with Crippen LogP contribution in [0.25, 0.3) is 6.08 Å². The first-order valence-electron chi connectivity index (χ1n) is 9.71. The number of hydrogen-bond donors (Lipinski definition) is 0. The van der Waals surface area contributed by atoms with E-state index < -0.39 is 0 Å². The molecule has 2 fully saturated rings. The molecule has 0 bridgehead atoms. The smallest absolute Gasteiger partial charge is 0.266 e. The molecule has 3 heterocycles. The summed E-state index contributed by atoms with van der Waals surface area (Å²) in [5, 5.41) is 9.47. The van der Waals surface area contributed by atoms with Gasteiger partial charge in [0, 0.05) is 19.2 Å². The fourth-order valence-corrected chi connectivity index (χ4v) is 4.69. The van der Waals surface area contributed by atoms with Crippen LogP contribution in [-0.4, -0.2) is 33.2 Å². The molecule has 0 aliphatic carbocycles. The van der Waals surface area contributed by atoms with Gasteiger partial charge in [-0.1, -0.05) is 49.0 Å². The Morgan fingerprint density at radius 3 is 2.60 bits per heavy atom. The van der Waals surface area contributed by atoms with Crippen LogP contribution in [0.1, 0.15) is 42.8 Å². The monoisotopic (exact) mass is 442 g/mol. The van der Waals surface area contributed by atoms with Crippen LogP contribution in [0, 0.1) is 17.1 Å². The number of nitriles is 1. The van der Waals surface area contributed by atoms with E-state index in [4.69, 9.17) is 16.6 Å². The summed E-state index contributed by atoms with van der Waals surface area (Å²) < 4.78 is 19.4. The molecule has 1 aromatic heterocycles. The number of carbonyl (C=O) groups is 1. The van der Waals surface area contributed by atoms with Crippen molar-refractivity contribution in [2.75, 3.05) is 18.0 Å². The predicted octanol–water partition coefficient (Wildman–Crippen LogP) is 4.47. The molecule has 154 valence electrons. The van der Waals surface area contributed by atoms with Gasteiger partial charge in [-0.15, -0.1) is 0 Å². The summed E-state index contributed by atoms with van der Waals surface area (Å²) in [4.78, 5) is 21.0. The zero-order chi connectivity index (χ0) is 21.1. The molecular weight excluding hydrogens is 423 g/mol. The third kappa shape index (κ3) is 4.40. The molecule has 2 aliphatic rings. The number of amides is 1. The van der Waals surface area contributed by atoms with Gasteiger partial charge >= 0.3 is 0 Å². The lowest BCUT2D eigenvalue weighted by molar-refractivity contribution is -0.122. The third-order valence-electron chi connectivity index (χ3n) is 5.01. The number of carbonyl (C=O) groups excluding carboxylic acids is 1. The summed E-state index contributed by atoms with van der Waals surface area (Å²) in [6.45, 7) is 1.91. The van der Waals surface area contributed by atoms with E-state index in [0.29, 0.717) is 15.1 Å². The van der Waals surface area contributed by atoms with Crippen LogP contribution in [0.3, 0.4) is 0 Å². The average Bonchev–Trinajstić information content (AvgIpc) is 3.11. The molecule has 4 rings (SSSR count). The molecule has 9 heteroatoms. The standard InChI is InChI=1S/C21H19FN4O2S2/c22-15-7-5-14(6-8-15)13-26-19(27)17(30-21(26)29)11-18-24-16(12-23)20(28-18)25-9-3-1-2-4-10-25/h5-8,11H,1-4,9-10,13H2/b17-11+. The number of oxazole rings is 1. The Balaban J connectivity index is 1.54. The van der Waals surface area contributed by atoms with Crippen LogP contribution in [0.5, 0.6) is 0 Å². The van der Waals surface area contributed by atoms with Gasteiger partial charge in [-0.05, 0) is 30.5 Å². The normalized spacial score (nSPS) is 18.7. The number of benzene rings is 1. The van der Waals surface area contributed by atoms with E-state index in [1.807, 2.05) is 0 Å². The minimum Gasteiger partial charge on any atom is -0.420 e. The lowest BCUT2D eigenvalue weighted by atomic mass is 10.2. The Morgan fingerprint density at radius 1 is 1.23 bits per heavy atom. The molecule has 0 saturated carbocycles. The summed E-state index contributed by atoms with van der Waals surface area (Å²) in [7, 11) is 0. The van der Waals surface area contributed by atoms with E-state index >= 15 is 0 Å². The molecule has 2 aliphatic heterocycles. The van der Waals surface area contributed by atoms with Gasteiger partial charge in [0.25, 0.3) is 5.91 Å². The predicted molar refractivity (Wildman–Crippen MR) is 117 cm³/mol. The van der Waals surface area contributed by atoms with Crippen molar-refractivity contribution in [3.8, 4) is 6.07 Å². The van der Waals surface area contributed by atoms with Crippen molar-refractivity contribution in [3.63, 3.8) is 0 Å². The van der Waals surface area contributed by atoms with Crippen LogP contribution in [0.4, 0.5) is 10.3 Å². The Kier molecular flexibility index (Phi) is 6.16. The molecule has 6 nitrogen and oxygen atoms in total. The molecule has 2 saturated heterocycles. The van der Waals surface area contributed by atoms with Crippen LogP contribution < -0.4 is 4.90 Å². The first kappa shape index (κ1) is 20.6. The Bertz CT molecular complexity index is 1030. The van der Waals surface area contributed by atoms with E-state index in [1.54, 1.807) is 12.1 Å². The van der Waals surface area contributed by atoms with Crippen molar-refractivity contribution in [1.82, 2.24) is 9.88 Å². The van der Waals surface area contributed by atoms with Gasteiger partial charge in [0.1, 0.15) is 16.2 Å². The zero-order valence-electron chi connectivity index (χ0n) is 16.1. The van der Waals surface area contributed by atoms with Gasteiger partial charge < -0.3 is 9.32 Å². The van der Waals surface area contributed by atoms with E-state index in [1.165, 1.54) is 23.1 Å². The summed E-state index contributed by atoms with van der Waals surface area (Å²) in [5.41, 5.74) is 1.00. The number of anilines is 1. The van der Waals surface area contributed by atoms with Crippen LogP contribution in [-0.2, 0) is 11.3 Å². The number of aromatic nitrogens is 1. The van der Waals surface area contributed by atoms with Crippen LogP contribution in [0.15, 0.2) is 33.6 Å². The van der Waals surface area contributed by atoms with Gasteiger partial charge in [-0.3, -0.25) is 9.69 Å². The number of thiocarbonyl (C=S) groups is 1. The average molecular weight is 443 g/mol. The second-order valence-electron chi connectivity index (χ2n) is 7.11. The zero-order valence-corrected chi connectivity index (χ0v) is 17.8. The van der Waals surface area contributed by atoms with Crippen molar-refractivity contribution < 1.29 is 13.6 Å². The lowest BCUT2D eigenvalue weighted by Gasteiger charge is -2.18. The van der Waals surface area contributed by atoms with E-state index in [2.05, 4.69) is 16.0 Å². The maximum Gasteiger partial charge on any atom is 0.266 e. The van der Waals surface area contributed by atoms with Gasteiger partial charge in [0.2, 0.25) is 17.5 Å². The SMILES string of the molecule is N#Cc1nc(/C=C2/SC(=S)N(Cc3ccc(F)cc3)C2=O)oc1N1CCCCCC1. The Morgan fingerprint density at radius 2 is 1.93 bits per heavy atom. The minimum absolute atomic E-state index is 0.216. The van der Waals surface area contributed by atoms with Crippen molar-refractivity contribution in [2.45, 2.75) is 32.2 Å². The fourth-order valence-electron chi connectivity index (χ4n) is 3.47. The number of thioether (sulfide) groups is 1. The molecular formula is C21H19FN4O2S2. The molecule has 30 heavy (non-hydrogen) atoms. The van der Waals surface area contributed by atoms with E-state index in [0.717, 1.165) is 56.1 Å². The molecule has 0 N–H and O–H groups in total. The molecule has 1 aromatic carbocycles. The molecule has 2 aromatic rings. The topological polar surface area (TPSA) is 73.4 Å². The summed E-state index contributed by atoms with van der Waals surface area (Å²) in [6.07, 6.45) is 5.95. The molecule has 0 unspecified atom stereocenters. The van der Waals surface area contributed by atoms with E-state index in [9.17, 15) is 14.4 Å². The number of nitrogens with zero attached hydrogens (tertiary/aromatic N) is 4. The third-order valence-corrected chi connectivity index (χ3v) is 6.38. The van der Waals surface area contributed by atoms with Crippen LogP contribution >= 0.6 is 24.0 Å².